The molecule has 2 amide bonds. The van der Waals surface area contributed by atoms with Crippen LogP contribution in [0.3, 0.4) is 0 Å². The Morgan fingerprint density at radius 1 is 1.10 bits per heavy atom. The normalized spacial score (nSPS) is 18.3. The molecule has 0 spiro atoms. The second-order valence-electron chi connectivity index (χ2n) is 7.48. The molecule has 0 radical (unpaired) electrons. The number of hydrogen-bond acceptors (Lipinski definition) is 4. The molecule has 3 aromatic rings. The second kappa shape index (κ2) is 8.37. The van der Waals surface area contributed by atoms with Crippen LogP contribution < -0.4 is 10.1 Å². The lowest BCUT2D eigenvalue weighted by molar-refractivity contribution is -0.127. The van der Waals surface area contributed by atoms with Gasteiger partial charge in [-0.15, -0.1) is 0 Å². The predicted molar refractivity (Wildman–Crippen MR) is 114 cm³/mol. The first-order valence-corrected chi connectivity index (χ1v) is 9.82. The first kappa shape index (κ1) is 19.6. The molecule has 0 aliphatic carbocycles. The summed E-state index contributed by atoms with van der Waals surface area (Å²) in [6.45, 7) is 2.01. The highest BCUT2D eigenvalue weighted by Gasteiger charge is 2.42. The van der Waals surface area contributed by atoms with Crippen LogP contribution in [0.5, 0.6) is 11.5 Å². The van der Waals surface area contributed by atoms with Crippen LogP contribution in [0.15, 0.2) is 73.1 Å². The lowest BCUT2D eigenvalue weighted by atomic mass is 9.94. The predicted octanol–water partition coefficient (Wildman–Crippen LogP) is 4.34. The molecule has 6 heteroatoms. The summed E-state index contributed by atoms with van der Waals surface area (Å²) < 4.78 is 5.85. The van der Waals surface area contributed by atoms with Gasteiger partial charge in [-0.25, -0.2) is 0 Å². The first-order valence-electron chi connectivity index (χ1n) is 9.82. The van der Waals surface area contributed by atoms with Crippen LogP contribution in [0, 0.1) is 12.8 Å². The molecule has 30 heavy (non-hydrogen) atoms. The van der Waals surface area contributed by atoms with Gasteiger partial charge in [0.15, 0.2) is 0 Å². The van der Waals surface area contributed by atoms with Crippen molar-refractivity contribution < 1.29 is 14.3 Å². The third kappa shape index (κ3) is 4.17. The zero-order valence-corrected chi connectivity index (χ0v) is 16.9. The molecule has 1 aromatic heterocycles. The zero-order chi connectivity index (χ0) is 21.1. The van der Waals surface area contributed by atoms with Crippen LogP contribution in [0.1, 0.15) is 23.6 Å². The summed E-state index contributed by atoms with van der Waals surface area (Å²) in [6.07, 6.45) is 3.56. The van der Waals surface area contributed by atoms with E-state index in [0.29, 0.717) is 11.4 Å². The van der Waals surface area contributed by atoms with Crippen LogP contribution >= 0.6 is 0 Å². The average Bonchev–Trinajstić information content (AvgIpc) is 3.05. The minimum Gasteiger partial charge on any atom is -0.457 e. The molecule has 1 saturated heterocycles. The van der Waals surface area contributed by atoms with Gasteiger partial charge >= 0.3 is 0 Å². The van der Waals surface area contributed by atoms with E-state index in [1.807, 2.05) is 55.5 Å². The molecule has 1 N–H and O–H groups in total. The molecule has 4 rings (SSSR count). The van der Waals surface area contributed by atoms with Crippen LogP contribution in [-0.4, -0.2) is 28.7 Å². The molecule has 0 bridgehead atoms. The average molecular weight is 401 g/mol. The molecule has 6 nitrogen and oxygen atoms in total. The van der Waals surface area contributed by atoms with E-state index >= 15 is 0 Å². The van der Waals surface area contributed by atoms with Crippen LogP contribution in [0.4, 0.5) is 5.69 Å². The highest BCUT2D eigenvalue weighted by atomic mass is 16.5. The van der Waals surface area contributed by atoms with E-state index < -0.39 is 5.92 Å². The van der Waals surface area contributed by atoms with Gasteiger partial charge in [0.05, 0.1) is 12.0 Å². The molecule has 0 saturated carbocycles. The lowest BCUT2D eigenvalue weighted by Crippen LogP contribution is -2.30. The fourth-order valence-electron chi connectivity index (χ4n) is 3.77. The maximum atomic E-state index is 13.0. The van der Waals surface area contributed by atoms with Gasteiger partial charge in [0.25, 0.3) is 0 Å². The summed E-state index contributed by atoms with van der Waals surface area (Å²) in [4.78, 5) is 31.0. The van der Waals surface area contributed by atoms with Gasteiger partial charge in [-0.2, -0.15) is 0 Å². The molecule has 152 valence electrons. The van der Waals surface area contributed by atoms with E-state index in [-0.39, 0.29) is 24.3 Å². The number of nitrogens with one attached hydrogen (secondary N) is 1. The van der Waals surface area contributed by atoms with Crippen LogP contribution in [-0.2, 0) is 9.59 Å². The van der Waals surface area contributed by atoms with Gasteiger partial charge in [-0.05, 0) is 60.5 Å². The van der Waals surface area contributed by atoms with Crippen molar-refractivity contribution in [2.45, 2.75) is 19.4 Å². The molecule has 2 unspecified atom stereocenters. The number of nitrogens with zero attached hydrogens (tertiary/aromatic N) is 2. The molecule has 2 heterocycles. The second-order valence-corrected chi connectivity index (χ2v) is 7.48. The van der Waals surface area contributed by atoms with Crippen molar-refractivity contribution >= 4 is 17.5 Å². The van der Waals surface area contributed by atoms with Gasteiger partial charge in [-0.1, -0.05) is 18.2 Å². The molecule has 2 atom stereocenters. The van der Waals surface area contributed by atoms with E-state index in [1.54, 1.807) is 36.5 Å². The Kier molecular flexibility index (Phi) is 5.48. The summed E-state index contributed by atoms with van der Waals surface area (Å²) in [6, 6.07) is 18.4. The Hall–Kier alpha value is -3.67. The molecule has 1 aliphatic rings. The van der Waals surface area contributed by atoms with Gasteiger partial charge in [0, 0.05) is 31.5 Å². The quantitative estimate of drug-likeness (QED) is 0.690. The van der Waals surface area contributed by atoms with Gasteiger partial charge in [0.1, 0.15) is 11.5 Å². The van der Waals surface area contributed by atoms with Gasteiger partial charge < -0.3 is 15.0 Å². The number of likely N-dealkylation sites (tertiary alicyclic amines) is 1. The van der Waals surface area contributed by atoms with E-state index in [9.17, 15) is 9.59 Å². The van der Waals surface area contributed by atoms with E-state index in [1.165, 1.54) is 0 Å². The number of pyridine rings is 1. The van der Waals surface area contributed by atoms with Crippen molar-refractivity contribution in [3.63, 3.8) is 0 Å². The Balaban J connectivity index is 1.46. The minimum absolute atomic E-state index is 0.0501. The number of hydrogen-bond donors (Lipinski definition) is 1. The number of carbonyl (C=O) groups is 2. The summed E-state index contributed by atoms with van der Waals surface area (Å²) >= 11 is 0. The molecule has 2 aromatic carbocycles. The SMILES string of the molecule is Cc1cccc(Oc2ccc(NC(=O)C3CC(=O)N(C)C3c3cccnc3)cc2)c1. The Morgan fingerprint density at radius 2 is 1.90 bits per heavy atom. The maximum absolute atomic E-state index is 13.0. The number of rotatable bonds is 5. The number of anilines is 1. The van der Waals surface area contributed by atoms with Crippen molar-refractivity contribution in [2.75, 3.05) is 12.4 Å². The summed E-state index contributed by atoms with van der Waals surface area (Å²) in [5, 5.41) is 2.93. The van der Waals surface area contributed by atoms with Gasteiger partial charge in [-0.3, -0.25) is 14.6 Å². The summed E-state index contributed by atoms with van der Waals surface area (Å²) in [7, 11) is 1.73. The zero-order valence-electron chi connectivity index (χ0n) is 16.9. The molecule has 1 aliphatic heterocycles. The minimum atomic E-state index is -0.477. The smallest absolute Gasteiger partial charge is 0.230 e. The van der Waals surface area contributed by atoms with Crippen LogP contribution in [0.2, 0.25) is 0 Å². The van der Waals surface area contributed by atoms with E-state index in [2.05, 4.69) is 10.3 Å². The maximum Gasteiger partial charge on any atom is 0.230 e. The number of ether oxygens (including phenoxy) is 1. The van der Waals surface area contributed by atoms with Crippen molar-refractivity contribution in [1.29, 1.82) is 0 Å². The number of carbonyl (C=O) groups excluding carboxylic acids is 2. The third-order valence-electron chi connectivity index (χ3n) is 5.30. The van der Waals surface area contributed by atoms with E-state index in [4.69, 9.17) is 4.74 Å². The van der Waals surface area contributed by atoms with Crippen LogP contribution in [0.25, 0.3) is 0 Å². The fraction of sp³-hybridized carbons (Fsp3) is 0.208. The van der Waals surface area contributed by atoms with Gasteiger partial charge in [0.2, 0.25) is 11.8 Å². The summed E-state index contributed by atoms with van der Waals surface area (Å²) in [5.74, 6) is 0.732. The van der Waals surface area contributed by atoms with Crippen molar-refractivity contribution in [1.82, 2.24) is 9.88 Å². The number of aromatic nitrogens is 1. The topological polar surface area (TPSA) is 71.5 Å². The monoisotopic (exact) mass is 401 g/mol. The molecular weight excluding hydrogens is 378 g/mol. The third-order valence-corrected chi connectivity index (χ3v) is 5.30. The van der Waals surface area contributed by atoms with Crippen molar-refractivity contribution in [2.24, 2.45) is 5.92 Å². The molecular formula is C24H23N3O3. The Bertz CT molecular complexity index is 1050. The van der Waals surface area contributed by atoms with E-state index in [0.717, 1.165) is 16.9 Å². The highest BCUT2D eigenvalue weighted by molar-refractivity contribution is 5.97. The highest BCUT2D eigenvalue weighted by Crippen LogP contribution is 2.37. The number of aryl methyl sites for hydroxylation is 1. The fourth-order valence-corrected chi connectivity index (χ4v) is 3.77. The number of benzene rings is 2. The summed E-state index contributed by atoms with van der Waals surface area (Å²) in [5.41, 5.74) is 2.63. The Labute approximate surface area is 175 Å². The van der Waals surface area contributed by atoms with Crippen molar-refractivity contribution in [3.05, 3.63) is 84.2 Å². The lowest BCUT2D eigenvalue weighted by Gasteiger charge is -2.24. The number of amides is 2. The largest absolute Gasteiger partial charge is 0.457 e. The first-order chi connectivity index (χ1) is 14.5. The Morgan fingerprint density at radius 3 is 2.60 bits per heavy atom. The standard InChI is InChI=1S/C24H23N3O3/c1-16-5-3-7-20(13-16)30-19-10-8-18(9-11-19)26-24(29)21-14-22(28)27(2)23(21)17-6-4-12-25-15-17/h3-13,15,21,23H,14H2,1-2H3,(H,26,29). The van der Waals surface area contributed by atoms with Crippen molar-refractivity contribution in [3.8, 4) is 11.5 Å². The molecule has 1 fully saturated rings.